The highest BCUT2D eigenvalue weighted by atomic mass is 32.1. The number of benzene rings is 2. The quantitative estimate of drug-likeness (QED) is 0.583. The third-order valence-electron chi connectivity index (χ3n) is 4.05. The lowest BCUT2D eigenvalue weighted by atomic mass is 10.1. The van der Waals surface area contributed by atoms with Crippen molar-refractivity contribution < 1.29 is 4.79 Å². The molecule has 0 saturated carbocycles. The van der Waals surface area contributed by atoms with Gasteiger partial charge in [-0.05, 0) is 42.8 Å². The van der Waals surface area contributed by atoms with Gasteiger partial charge >= 0.3 is 0 Å². The number of carbonyl (C=O) groups excluding carboxylic acids is 1. The van der Waals surface area contributed by atoms with Gasteiger partial charge < -0.3 is 5.32 Å². The first-order valence-electron chi connectivity index (χ1n) is 7.91. The Morgan fingerprint density at radius 2 is 2.00 bits per heavy atom. The standard InChI is InChI=1S/C19H14N4O2S/c1-11-2-3-12(14-5-7-18(24)23-22-14)8-15(11)21-19(25)13-4-6-17-16(9-13)20-10-26-17/h2-10H,1H3,(H,21,25)(H,23,24). The van der Waals surface area contributed by atoms with E-state index in [9.17, 15) is 9.59 Å². The molecule has 0 aliphatic heterocycles. The Morgan fingerprint density at radius 3 is 2.81 bits per heavy atom. The normalized spacial score (nSPS) is 10.8. The Morgan fingerprint density at radius 1 is 1.12 bits per heavy atom. The zero-order valence-electron chi connectivity index (χ0n) is 13.8. The van der Waals surface area contributed by atoms with E-state index in [0.717, 1.165) is 21.3 Å². The van der Waals surface area contributed by atoms with Gasteiger partial charge in [-0.2, -0.15) is 5.10 Å². The molecule has 0 aliphatic rings. The maximum Gasteiger partial charge on any atom is 0.264 e. The summed E-state index contributed by atoms with van der Waals surface area (Å²) in [6.07, 6.45) is 0. The third-order valence-corrected chi connectivity index (χ3v) is 4.86. The van der Waals surface area contributed by atoms with Crippen LogP contribution in [0.15, 0.2) is 58.8 Å². The number of anilines is 1. The molecule has 128 valence electrons. The van der Waals surface area contributed by atoms with Crippen molar-refractivity contribution in [2.75, 3.05) is 5.32 Å². The molecule has 2 aromatic carbocycles. The van der Waals surface area contributed by atoms with Gasteiger partial charge in [-0.25, -0.2) is 10.1 Å². The van der Waals surface area contributed by atoms with Crippen LogP contribution in [0.2, 0.25) is 0 Å². The van der Waals surface area contributed by atoms with Crippen molar-refractivity contribution in [1.82, 2.24) is 15.2 Å². The van der Waals surface area contributed by atoms with E-state index in [2.05, 4.69) is 20.5 Å². The number of aryl methyl sites for hydroxylation is 1. The number of nitrogens with zero attached hydrogens (tertiary/aromatic N) is 2. The molecule has 2 N–H and O–H groups in total. The topological polar surface area (TPSA) is 87.7 Å². The minimum atomic E-state index is -0.258. The fourth-order valence-corrected chi connectivity index (χ4v) is 3.27. The molecular formula is C19H14N4O2S. The van der Waals surface area contributed by atoms with Crippen LogP contribution in [0.5, 0.6) is 0 Å². The van der Waals surface area contributed by atoms with E-state index in [-0.39, 0.29) is 11.5 Å². The van der Waals surface area contributed by atoms with Crippen LogP contribution in [0.25, 0.3) is 21.5 Å². The molecule has 2 aromatic heterocycles. The van der Waals surface area contributed by atoms with Crippen molar-refractivity contribution in [3.8, 4) is 11.3 Å². The molecule has 0 unspecified atom stereocenters. The molecule has 2 heterocycles. The molecule has 7 heteroatoms. The number of aromatic nitrogens is 3. The molecule has 0 aliphatic carbocycles. The maximum atomic E-state index is 12.6. The molecule has 6 nitrogen and oxygen atoms in total. The van der Waals surface area contributed by atoms with Crippen molar-refractivity contribution in [2.24, 2.45) is 0 Å². The summed E-state index contributed by atoms with van der Waals surface area (Å²) in [5.41, 5.74) is 5.92. The zero-order chi connectivity index (χ0) is 18.1. The highest BCUT2D eigenvalue weighted by Gasteiger charge is 2.11. The minimum absolute atomic E-state index is 0.199. The number of hydrogen-bond acceptors (Lipinski definition) is 5. The van der Waals surface area contributed by atoms with Gasteiger partial charge in [0.15, 0.2) is 0 Å². The molecule has 0 atom stereocenters. The van der Waals surface area contributed by atoms with Crippen LogP contribution in [-0.2, 0) is 0 Å². The van der Waals surface area contributed by atoms with E-state index in [1.54, 1.807) is 23.7 Å². The Kier molecular flexibility index (Phi) is 4.06. The Labute approximate surface area is 152 Å². The highest BCUT2D eigenvalue weighted by Crippen LogP contribution is 2.25. The van der Waals surface area contributed by atoms with Gasteiger partial charge in [-0.1, -0.05) is 12.1 Å². The molecule has 0 saturated heterocycles. The monoisotopic (exact) mass is 362 g/mol. The van der Waals surface area contributed by atoms with Crippen molar-refractivity contribution >= 4 is 33.1 Å². The van der Waals surface area contributed by atoms with E-state index in [4.69, 9.17) is 0 Å². The van der Waals surface area contributed by atoms with Gasteiger partial charge in [0.2, 0.25) is 0 Å². The first kappa shape index (κ1) is 16.2. The number of H-pyrrole nitrogens is 1. The van der Waals surface area contributed by atoms with Gasteiger partial charge in [0.05, 0.1) is 21.4 Å². The number of thiazole rings is 1. The summed E-state index contributed by atoms with van der Waals surface area (Å²) in [5.74, 6) is -0.199. The summed E-state index contributed by atoms with van der Waals surface area (Å²) in [4.78, 5) is 28.0. The first-order valence-corrected chi connectivity index (χ1v) is 8.79. The molecule has 0 bridgehead atoms. The van der Waals surface area contributed by atoms with Crippen LogP contribution in [-0.4, -0.2) is 21.1 Å². The number of nitrogens with one attached hydrogen (secondary N) is 2. The Balaban J connectivity index is 1.64. The van der Waals surface area contributed by atoms with E-state index in [1.807, 2.05) is 31.2 Å². The van der Waals surface area contributed by atoms with Crippen LogP contribution >= 0.6 is 11.3 Å². The molecular weight excluding hydrogens is 348 g/mol. The van der Waals surface area contributed by atoms with Crippen molar-refractivity contribution in [2.45, 2.75) is 6.92 Å². The van der Waals surface area contributed by atoms with Gasteiger partial charge in [0.25, 0.3) is 11.5 Å². The number of hydrogen-bond donors (Lipinski definition) is 2. The average molecular weight is 362 g/mol. The summed E-state index contributed by atoms with van der Waals surface area (Å²) < 4.78 is 1.05. The second-order valence-electron chi connectivity index (χ2n) is 5.83. The van der Waals surface area contributed by atoms with Crippen LogP contribution in [0.3, 0.4) is 0 Å². The van der Waals surface area contributed by atoms with Crippen LogP contribution in [0.4, 0.5) is 5.69 Å². The summed E-state index contributed by atoms with van der Waals surface area (Å²) >= 11 is 1.54. The predicted molar refractivity (Wildman–Crippen MR) is 103 cm³/mol. The van der Waals surface area contributed by atoms with E-state index in [1.165, 1.54) is 17.4 Å². The molecule has 0 fully saturated rings. The largest absolute Gasteiger partial charge is 0.322 e. The first-order chi connectivity index (χ1) is 12.6. The number of carbonyl (C=O) groups is 1. The second-order valence-corrected chi connectivity index (χ2v) is 6.71. The number of fused-ring (bicyclic) bond motifs is 1. The van der Waals surface area contributed by atoms with Crippen molar-refractivity contribution in [3.05, 3.63) is 75.5 Å². The fraction of sp³-hybridized carbons (Fsp3) is 0.0526. The van der Waals surface area contributed by atoms with E-state index in [0.29, 0.717) is 16.9 Å². The molecule has 1 amide bonds. The average Bonchev–Trinajstić information content (AvgIpc) is 3.12. The fourth-order valence-electron chi connectivity index (χ4n) is 2.61. The van der Waals surface area contributed by atoms with Crippen LogP contribution in [0, 0.1) is 6.92 Å². The lowest BCUT2D eigenvalue weighted by Gasteiger charge is -2.10. The number of amides is 1. The van der Waals surface area contributed by atoms with E-state index < -0.39 is 0 Å². The third kappa shape index (κ3) is 3.12. The second kappa shape index (κ2) is 6.53. The minimum Gasteiger partial charge on any atom is -0.322 e. The maximum absolute atomic E-state index is 12.6. The molecule has 0 spiro atoms. The molecule has 4 rings (SSSR count). The summed E-state index contributed by atoms with van der Waals surface area (Å²) in [6.45, 7) is 1.92. The highest BCUT2D eigenvalue weighted by molar-refractivity contribution is 7.16. The predicted octanol–water partition coefficient (Wildman–Crippen LogP) is 3.61. The van der Waals surface area contributed by atoms with Crippen molar-refractivity contribution in [3.63, 3.8) is 0 Å². The van der Waals surface area contributed by atoms with Crippen LogP contribution in [0.1, 0.15) is 15.9 Å². The molecule has 26 heavy (non-hydrogen) atoms. The zero-order valence-corrected chi connectivity index (χ0v) is 14.6. The van der Waals surface area contributed by atoms with Crippen LogP contribution < -0.4 is 10.9 Å². The molecule has 4 aromatic rings. The Bertz CT molecular complexity index is 1160. The van der Waals surface area contributed by atoms with Gasteiger partial charge in [0, 0.05) is 22.9 Å². The smallest absolute Gasteiger partial charge is 0.264 e. The number of rotatable bonds is 3. The summed E-state index contributed by atoms with van der Waals surface area (Å²) in [6, 6.07) is 14.2. The SMILES string of the molecule is Cc1ccc(-c2ccc(=O)[nH]n2)cc1NC(=O)c1ccc2scnc2c1. The lowest BCUT2D eigenvalue weighted by Crippen LogP contribution is -2.13. The summed E-state index contributed by atoms with van der Waals surface area (Å²) in [5, 5.41) is 9.38. The lowest BCUT2D eigenvalue weighted by molar-refractivity contribution is 0.102. The number of aromatic amines is 1. The van der Waals surface area contributed by atoms with Crippen molar-refractivity contribution in [1.29, 1.82) is 0 Å². The van der Waals surface area contributed by atoms with Gasteiger partial charge in [-0.3, -0.25) is 9.59 Å². The Hall–Kier alpha value is -3.32. The van der Waals surface area contributed by atoms with E-state index >= 15 is 0 Å². The molecule has 0 radical (unpaired) electrons. The summed E-state index contributed by atoms with van der Waals surface area (Å²) in [7, 11) is 0. The van der Waals surface area contributed by atoms with Gasteiger partial charge in [0.1, 0.15) is 0 Å². The van der Waals surface area contributed by atoms with Gasteiger partial charge in [-0.15, -0.1) is 11.3 Å².